The molecule has 1 amide bonds. The molecule has 2 aromatic rings. The van der Waals surface area contributed by atoms with Crippen molar-refractivity contribution in [1.82, 2.24) is 0 Å². The molecule has 0 radical (unpaired) electrons. The molecular weight excluding hydrogens is 375 g/mol. The number of halogens is 1. The number of non-ortho nitro benzene ring substituents is 1. The highest BCUT2D eigenvalue weighted by atomic mass is 19.1. The lowest BCUT2D eigenvalue weighted by Crippen LogP contribution is -2.42. The molecule has 1 aliphatic rings. The van der Waals surface area contributed by atoms with E-state index in [0.717, 1.165) is 11.0 Å². The molecule has 0 unspecified atom stereocenters. The van der Waals surface area contributed by atoms with Gasteiger partial charge in [0.05, 0.1) is 10.6 Å². The molecule has 3 rings (SSSR count). The molecule has 0 atom stereocenters. The predicted molar refractivity (Wildman–Crippen MR) is 93.8 cm³/mol. The van der Waals surface area contributed by atoms with Crippen LogP contribution >= 0.6 is 0 Å². The van der Waals surface area contributed by atoms with Crippen LogP contribution in [-0.4, -0.2) is 43.2 Å². The van der Waals surface area contributed by atoms with E-state index in [-0.39, 0.29) is 36.9 Å². The summed E-state index contributed by atoms with van der Waals surface area (Å²) in [7, 11) is 0. The van der Waals surface area contributed by atoms with E-state index in [1.807, 2.05) is 0 Å². The summed E-state index contributed by atoms with van der Waals surface area (Å²) in [6.07, 6.45) is 0. The van der Waals surface area contributed by atoms with E-state index < -0.39 is 29.2 Å². The molecule has 1 heterocycles. The number of anilines is 1. The number of carbonyl (C=O) groups excluding carboxylic acids is 2. The van der Waals surface area contributed by atoms with E-state index in [1.54, 1.807) is 0 Å². The molecule has 0 aliphatic carbocycles. The van der Waals surface area contributed by atoms with Crippen molar-refractivity contribution in [1.29, 1.82) is 0 Å². The Morgan fingerprint density at radius 3 is 2.68 bits per heavy atom. The summed E-state index contributed by atoms with van der Waals surface area (Å²) in [6.45, 7) is -0.758. The van der Waals surface area contributed by atoms with Gasteiger partial charge in [-0.1, -0.05) is 0 Å². The summed E-state index contributed by atoms with van der Waals surface area (Å²) in [5.74, 6) is -0.947. The second-order valence-corrected chi connectivity index (χ2v) is 5.70. The number of ether oxygens (including phenoxy) is 3. The molecule has 0 fully saturated rings. The van der Waals surface area contributed by atoms with Crippen LogP contribution in [-0.2, 0) is 14.3 Å². The van der Waals surface area contributed by atoms with Crippen LogP contribution in [0.25, 0.3) is 0 Å². The van der Waals surface area contributed by atoms with Crippen molar-refractivity contribution < 1.29 is 33.1 Å². The van der Waals surface area contributed by atoms with Crippen LogP contribution in [0.3, 0.4) is 0 Å². The summed E-state index contributed by atoms with van der Waals surface area (Å²) in [4.78, 5) is 35.5. The minimum Gasteiger partial charge on any atom is -0.490 e. The van der Waals surface area contributed by atoms with Gasteiger partial charge in [0.2, 0.25) is 0 Å². The molecule has 0 saturated carbocycles. The SMILES string of the molecule is O=C(CN1C(=O)COc2ccc([N+](=O)[O-])cc21)OCCOc1ccc(F)cc1. The van der Waals surface area contributed by atoms with E-state index in [1.165, 1.54) is 36.4 Å². The summed E-state index contributed by atoms with van der Waals surface area (Å²) in [5, 5.41) is 10.9. The van der Waals surface area contributed by atoms with Gasteiger partial charge in [-0.05, 0) is 30.3 Å². The van der Waals surface area contributed by atoms with Crippen molar-refractivity contribution in [2.75, 3.05) is 31.3 Å². The molecule has 0 saturated heterocycles. The lowest BCUT2D eigenvalue weighted by Gasteiger charge is -2.28. The first-order valence-electron chi connectivity index (χ1n) is 8.19. The monoisotopic (exact) mass is 390 g/mol. The number of hydrogen-bond donors (Lipinski definition) is 0. The number of nitrogens with zero attached hydrogens (tertiary/aromatic N) is 2. The number of benzene rings is 2. The Hall–Kier alpha value is -3.69. The predicted octanol–water partition coefficient (Wildman–Crippen LogP) is 2.08. The number of hydrogen-bond acceptors (Lipinski definition) is 7. The number of amides is 1. The number of carbonyl (C=O) groups is 2. The Morgan fingerprint density at radius 2 is 1.96 bits per heavy atom. The van der Waals surface area contributed by atoms with Crippen LogP contribution < -0.4 is 14.4 Å². The van der Waals surface area contributed by atoms with Crippen molar-refractivity contribution in [2.45, 2.75) is 0 Å². The van der Waals surface area contributed by atoms with Gasteiger partial charge in [-0.15, -0.1) is 0 Å². The maximum Gasteiger partial charge on any atom is 0.326 e. The van der Waals surface area contributed by atoms with Gasteiger partial charge in [0, 0.05) is 12.1 Å². The fourth-order valence-electron chi connectivity index (χ4n) is 2.50. The van der Waals surface area contributed by atoms with E-state index in [4.69, 9.17) is 14.2 Å². The molecule has 10 heteroatoms. The first-order chi connectivity index (χ1) is 13.4. The van der Waals surface area contributed by atoms with Crippen LogP contribution in [0.15, 0.2) is 42.5 Å². The Bertz CT molecular complexity index is 901. The Labute approximate surface area is 158 Å². The third-order valence-corrected chi connectivity index (χ3v) is 3.81. The molecule has 2 aromatic carbocycles. The molecule has 9 nitrogen and oxygen atoms in total. The van der Waals surface area contributed by atoms with Crippen LogP contribution in [0, 0.1) is 15.9 Å². The van der Waals surface area contributed by atoms with Crippen LogP contribution in [0.5, 0.6) is 11.5 Å². The lowest BCUT2D eigenvalue weighted by molar-refractivity contribution is -0.384. The molecule has 0 aromatic heterocycles. The number of fused-ring (bicyclic) bond motifs is 1. The van der Waals surface area contributed by atoms with Gasteiger partial charge in [-0.2, -0.15) is 0 Å². The van der Waals surface area contributed by atoms with E-state index >= 15 is 0 Å². The summed E-state index contributed by atoms with van der Waals surface area (Å²) >= 11 is 0. The molecule has 146 valence electrons. The van der Waals surface area contributed by atoms with Crippen molar-refractivity contribution in [3.05, 3.63) is 58.4 Å². The van der Waals surface area contributed by atoms with Gasteiger partial charge in [-0.25, -0.2) is 4.39 Å². The summed E-state index contributed by atoms with van der Waals surface area (Å²) < 4.78 is 28.4. The van der Waals surface area contributed by atoms with Gasteiger partial charge in [-0.3, -0.25) is 24.6 Å². The second kappa shape index (κ2) is 8.33. The summed E-state index contributed by atoms with van der Waals surface area (Å²) in [6, 6.07) is 9.13. The highest BCUT2D eigenvalue weighted by Gasteiger charge is 2.29. The molecule has 1 aliphatic heterocycles. The molecular formula is C18H15FN2O7. The standard InChI is InChI=1S/C18H15FN2O7/c19-12-1-4-14(5-2-12)26-7-8-27-18(23)10-20-15-9-13(21(24)25)3-6-16(15)28-11-17(20)22/h1-6,9H,7-8,10-11H2. The van der Waals surface area contributed by atoms with E-state index in [0.29, 0.717) is 5.75 Å². The molecule has 28 heavy (non-hydrogen) atoms. The van der Waals surface area contributed by atoms with Gasteiger partial charge < -0.3 is 14.2 Å². The second-order valence-electron chi connectivity index (χ2n) is 5.70. The van der Waals surface area contributed by atoms with Crippen molar-refractivity contribution in [2.24, 2.45) is 0 Å². The average Bonchev–Trinajstić information content (AvgIpc) is 2.68. The number of nitro benzene ring substituents is 1. The highest BCUT2D eigenvalue weighted by Crippen LogP contribution is 2.35. The fourth-order valence-corrected chi connectivity index (χ4v) is 2.50. The zero-order chi connectivity index (χ0) is 20.1. The van der Waals surface area contributed by atoms with Gasteiger partial charge in [0.15, 0.2) is 6.61 Å². The van der Waals surface area contributed by atoms with Crippen molar-refractivity contribution in [3.8, 4) is 11.5 Å². The third-order valence-electron chi connectivity index (χ3n) is 3.81. The zero-order valence-corrected chi connectivity index (χ0v) is 14.5. The Balaban J connectivity index is 1.56. The Kier molecular flexibility index (Phi) is 5.68. The van der Waals surface area contributed by atoms with Crippen LogP contribution in [0.1, 0.15) is 0 Å². The largest absolute Gasteiger partial charge is 0.490 e. The molecule has 0 N–H and O–H groups in total. The first-order valence-corrected chi connectivity index (χ1v) is 8.19. The van der Waals surface area contributed by atoms with E-state index in [9.17, 15) is 24.1 Å². The number of esters is 1. The van der Waals surface area contributed by atoms with Gasteiger partial charge >= 0.3 is 5.97 Å². The van der Waals surface area contributed by atoms with Crippen molar-refractivity contribution >= 4 is 23.3 Å². The van der Waals surface area contributed by atoms with E-state index in [2.05, 4.69) is 0 Å². The van der Waals surface area contributed by atoms with Gasteiger partial charge in [0.25, 0.3) is 11.6 Å². The fraction of sp³-hybridized carbons (Fsp3) is 0.222. The number of rotatable bonds is 7. The minimum atomic E-state index is -0.713. The van der Waals surface area contributed by atoms with Gasteiger partial charge in [0.1, 0.15) is 37.1 Å². The average molecular weight is 390 g/mol. The highest BCUT2D eigenvalue weighted by molar-refractivity contribution is 6.01. The van der Waals surface area contributed by atoms with Crippen molar-refractivity contribution in [3.63, 3.8) is 0 Å². The minimum absolute atomic E-state index is 0.0382. The topological polar surface area (TPSA) is 108 Å². The number of nitro groups is 1. The zero-order valence-electron chi connectivity index (χ0n) is 14.5. The first kappa shape index (κ1) is 19.1. The lowest BCUT2D eigenvalue weighted by atomic mass is 10.2. The molecule has 0 spiro atoms. The quantitative estimate of drug-likeness (QED) is 0.308. The maximum atomic E-state index is 12.8. The summed E-state index contributed by atoms with van der Waals surface area (Å²) in [5.41, 5.74) is -0.104. The molecule has 0 bridgehead atoms. The maximum absolute atomic E-state index is 12.8. The smallest absolute Gasteiger partial charge is 0.326 e. The van der Waals surface area contributed by atoms with Crippen LogP contribution in [0.4, 0.5) is 15.8 Å². The Morgan fingerprint density at radius 1 is 1.21 bits per heavy atom. The van der Waals surface area contributed by atoms with Crippen LogP contribution in [0.2, 0.25) is 0 Å². The third kappa shape index (κ3) is 4.53. The normalized spacial score (nSPS) is 12.8.